The summed E-state index contributed by atoms with van der Waals surface area (Å²) in [5.41, 5.74) is -0.00744. The fraction of sp³-hybridized carbons (Fsp3) is 0. The van der Waals surface area contributed by atoms with Crippen LogP contribution in [0.1, 0.15) is 10.4 Å². The average molecular weight is 233 g/mol. The molecule has 0 unspecified atom stereocenters. The zero-order chi connectivity index (χ0) is 12.8. The molecule has 0 saturated carbocycles. The van der Waals surface area contributed by atoms with Crippen LogP contribution in [-0.4, -0.2) is 22.0 Å². The quantitative estimate of drug-likeness (QED) is 0.350. The number of carboxylic acids is 1. The average Bonchev–Trinajstić information content (AvgIpc) is 2.29. The molecule has 0 radical (unpaired) electrons. The van der Waals surface area contributed by atoms with E-state index in [0.717, 1.165) is 18.2 Å². The van der Waals surface area contributed by atoms with Crippen LogP contribution in [0, 0.1) is 0 Å². The highest BCUT2D eigenvalue weighted by molar-refractivity contribution is 6.06. The first kappa shape index (κ1) is 12.5. The fourth-order valence-corrected chi connectivity index (χ4v) is 1.06. The molecular formula is C12H9O5-. The molecular weight excluding hydrogens is 224 g/mol. The van der Waals surface area contributed by atoms with Crippen molar-refractivity contribution in [1.29, 1.82) is 0 Å². The Morgan fingerprint density at radius 3 is 2.41 bits per heavy atom. The Hall–Kier alpha value is -2.56. The van der Waals surface area contributed by atoms with Crippen LogP contribution in [-0.2, 0) is 4.79 Å². The number of carbonyl (C=O) groups is 2. The lowest BCUT2D eigenvalue weighted by Gasteiger charge is -2.08. The van der Waals surface area contributed by atoms with Gasteiger partial charge in [-0.25, -0.2) is 4.79 Å². The highest BCUT2D eigenvalue weighted by atomic mass is 16.4. The predicted molar refractivity (Wildman–Crippen MR) is 57.7 cm³/mol. The molecule has 0 aliphatic rings. The zero-order valence-corrected chi connectivity index (χ0v) is 8.66. The Labute approximate surface area is 96.9 Å². The van der Waals surface area contributed by atoms with Gasteiger partial charge in [0.15, 0.2) is 5.78 Å². The summed E-state index contributed by atoms with van der Waals surface area (Å²) in [7, 11) is 0. The minimum absolute atomic E-state index is 0.00744. The third-order valence-electron chi connectivity index (χ3n) is 1.87. The largest absolute Gasteiger partial charge is 0.872 e. The van der Waals surface area contributed by atoms with Gasteiger partial charge < -0.3 is 15.3 Å². The van der Waals surface area contributed by atoms with Crippen LogP contribution in [0.25, 0.3) is 0 Å². The lowest BCUT2D eigenvalue weighted by molar-refractivity contribution is -0.268. The summed E-state index contributed by atoms with van der Waals surface area (Å²) in [6, 6.07) is 5.69. The Morgan fingerprint density at radius 2 is 1.82 bits per heavy atom. The number of hydrogen-bond acceptors (Lipinski definition) is 4. The Bertz CT molecular complexity index is 499. The van der Waals surface area contributed by atoms with Gasteiger partial charge in [-0.3, -0.25) is 4.79 Å². The van der Waals surface area contributed by atoms with Crippen LogP contribution >= 0.6 is 0 Å². The molecule has 2 N–H and O–H groups in total. The third-order valence-corrected chi connectivity index (χ3v) is 1.87. The minimum atomic E-state index is -1.49. The monoisotopic (exact) mass is 233 g/mol. The van der Waals surface area contributed by atoms with Gasteiger partial charge in [-0.05, 0) is 12.2 Å². The fourth-order valence-electron chi connectivity index (χ4n) is 1.06. The summed E-state index contributed by atoms with van der Waals surface area (Å²) in [6.07, 6.45) is 2.93. The van der Waals surface area contributed by atoms with E-state index in [2.05, 4.69) is 0 Å². The summed E-state index contributed by atoms with van der Waals surface area (Å²) in [5, 5.41) is 28.4. The molecule has 17 heavy (non-hydrogen) atoms. The van der Waals surface area contributed by atoms with Crippen LogP contribution in [0.5, 0.6) is 5.75 Å². The van der Waals surface area contributed by atoms with Gasteiger partial charge in [-0.15, -0.1) is 0 Å². The topological polar surface area (TPSA) is 97.7 Å². The van der Waals surface area contributed by atoms with E-state index in [4.69, 9.17) is 10.2 Å². The number of hydrogen-bond donors (Lipinski definition) is 2. The van der Waals surface area contributed by atoms with E-state index in [-0.39, 0.29) is 5.56 Å². The van der Waals surface area contributed by atoms with Crippen LogP contribution in [0.3, 0.4) is 0 Å². The van der Waals surface area contributed by atoms with Gasteiger partial charge in [-0.2, -0.15) is 0 Å². The molecule has 1 aromatic rings. The number of carbonyl (C=O) groups excluding carboxylic acids is 1. The van der Waals surface area contributed by atoms with Gasteiger partial charge in [0, 0.05) is 5.56 Å². The van der Waals surface area contributed by atoms with Crippen molar-refractivity contribution in [3.63, 3.8) is 0 Å². The van der Waals surface area contributed by atoms with Crippen molar-refractivity contribution in [2.24, 2.45) is 0 Å². The first-order chi connectivity index (χ1) is 8.02. The van der Waals surface area contributed by atoms with Crippen molar-refractivity contribution in [2.75, 3.05) is 0 Å². The van der Waals surface area contributed by atoms with Crippen molar-refractivity contribution in [1.82, 2.24) is 0 Å². The molecule has 0 aliphatic heterocycles. The number of aliphatic carboxylic acids is 1. The molecule has 88 valence electrons. The number of aliphatic hydroxyl groups is 1. The molecule has 0 heterocycles. The smallest absolute Gasteiger partial charge is 0.370 e. The maximum absolute atomic E-state index is 11.5. The van der Waals surface area contributed by atoms with E-state index in [1.165, 1.54) is 18.2 Å². The van der Waals surface area contributed by atoms with Crippen molar-refractivity contribution in [2.45, 2.75) is 0 Å². The molecule has 1 aromatic carbocycles. The number of rotatable bonds is 4. The van der Waals surface area contributed by atoms with Crippen molar-refractivity contribution in [3.8, 4) is 5.75 Å². The zero-order valence-electron chi connectivity index (χ0n) is 8.66. The van der Waals surface area contributed by atoms with E-state index in [1.807, 2.05) is 0 Å². The van der Waals surface area contributed by atoms with E-state index >= 15 is 0 Å². The van der Waals surface area contributed by atoms with Gasteiger partial charge in [0.05, 0.1) is 0 Å². The van der Waals surface area contributed by atoms with Crippen LogP contribution in [0.2, 0.25) is 0 Å². The lowest BCUT2D eigenvalue weighted by atomic mass is 10.1. The highest BCUT2D eigenvalue weighted by Gasteiger charge is 2.02. The molecule has 0 bridgehead atoms. The van der Waals surface area contributed by atoms with Gasteiger partial charge in [0.2, 0.25) is 5.76 Å². The molecule has 5 heteroatoms. The number of aliphatic hydroxyl groups excluding tert-OH is 1. The predicted octanol–water partition coefficient (Wildman–Crippen LogP) is 1.03. The second kappa shape index (κ2) is 5.50. The molecule has 0 spiro atoms. The molecule has 0 fully saturated rings. The third kappa shape index (κ3) is 3.49. The van der Waals surface area contributed by atoms with Crippen molar-refractivity contribution >= 4 is 11.8 Å². The second-order valence-electron chi connectivity index (χ2n) is 3.08. The molecule has 5 nitrogen and oxygen atoms in total. The van der Waals surface area contributed by atoms with Crippen molar-refractivity contribution < 1.29 is 24.9 Å². The Kier molecular flexibility index (Phi) is 4.05. The van der Waals surface area contributed by atoms with Gasteiger partial charge in [0.25, 0.3) is 0 Å². The number of carboxylic acid groups (broad SMARTS) is 1. The van der Waals surface area contributed by atoms with Gasteiger partial charge >= 0.3 is 5.97 Å². The number of ketones is 1. The van der Waals surface area contributed by atoms with E-state index in [9.17, 15) is 14.7 Å². The summed E-state index contributed by atoms with van der Waals surface area (Å²) in [6.45, 7) is 0. The summed E-state index contributed by atoms with van der Waals surface area (Å²) >= 11 is 0. The highest BCUT2D eigenvalue weighted by Crippen LogP contribution is 2.13. The number of para-hydroxylation sites is 1. The first-order valence-corrected chi connectivity index (χ1v) is 4.63. The van der Waals surface area contributed by atoms with Crippen LogP contribution in [0.4, 0.5) is 0 Å². The summed E-state index contributed by atoms with van der Waals surface area (Å²) in [4.78, 5) is 21.7. The minimum Gasteiger partial charge on any atom is -0.872 e. The molecule has 0 aromatic heterocycles. The van der Waals surface area contributed by atoms with Gasteiger partial charge in [-0.1, -0.05) is 36.1 Å². The van der Waals surface area contributed by atoms with Crippen LogP contribution in [0.15, 0.2) is 48.3 Å². The lowest BCUT2D eigenvalue weighted by Crippen LogP contribution is -2.02. The number of benzene rings is 1. The maximum Gasteiger partial charge on any atom is 0.370 e. The Balaban J connectivity index is 2.81. The van der Waals surface area contributed by atoms with E-state index in [1.54, 1.807) is 6.07 Å². The number of allylic oxidation sites excluding steroid dienone is 3. The van der Waals surface area contributed by atoms with Gasteiger partial charge in [0.1, 0.15) is 0 Å². The first-order valence-electron chi connectivity index (χ1n) is 4.63. The molecule has 0 aliphatic carbocycles. The standard InChI is InChI=1S/C12H10O5/c13-9-5-2-1-4-8(9)10(14)6-3-7-11(15)12(16)17/h1-7,13,15H,(H,16,17)/p-1/b6-3-,11-7+. The Morgan fingerprint density at radius 1 is 1.18 bits per heavy atom. The normalized spacial score (nSPS) is 11.6. The summed E-state index contributed by atoms with van der Waals surface area (Å²) < 4.78 is 0. The molecule has 0 atom stereocenters. The summed E-state index contributed by atoms with van der Waals surface area (Å²) in [5.74, 6) is -3.34. The van der Waals surface area contributed by atoms with Crippen LogP contribution < -0.4 is 5.11 Å². The van der Waals surface area contributed by atoms with E-state index < -0.39 is 23.3 Å². The molecule has 0 saturated heterocycles. The second-order valence-corrected chi connectivity index (χ2v) is 3.08. The SMILES string of the molecule is O=C(O)/C(O)=C\C=C/C(=O)c1ccccc1[O-]. The van der Waals surface area contributed by atoms with E-state index in [0.29, 0.717) is 0 Å². The maximum atomic E-state index is 11.5. The molecule has 1 rings (SSSR count). The van der Waals surface area contributed by atoms with Crippen molar-refractivity contribution in [3.05, 3.63) is 53.8 Å². The molecule has 0 amide bonds.